The highest BCUT2D eigenvalue weighted by atomic mass is 32.2. The van der Waals surface area contributed by atoms with Crippen molar-refractivity contribution in [3.05, 3.63) is 60.2 Å². The van der Waals surface area contributed by atoms with Crippen LogP contribution >= 0.6 is 0 Å². The number of hydrogen-bond acceptors (Lipinski definition) is 3. The molecule has 0 fully saturated rings. The van der Waals surface area contributed by atoms with Gasteiger partial charge in [-0.3, -0.25) is 0 Å². The highest BCUT2D eigenvalue weighted by Crippen LogP contribution is 2.38. The van der Waals surface area contributed by atoms with E-state index in [4.69, 9.17) is 4.43 Å². The minimum atomic E-state index is -5.48. The third-order valence-electron chi connectivity index (χ3n) is 5.60. The second-order valence-corrected chi connectivity index (χ2v) is 15.9. The van der Waals surface area contributed by atoms with Gasteiger partial charge in [0.05, 0.1) is 6.10 Å². The Bertz CT molecular complexity index is 861. The van der Waals surface area contributed by atoms with E-state index in [1.165, 1.54) is 6.08 Å². The first-order valence-corrected chi connectivity index (χ1v) is 15.0. The highest BCUT2D eigenvalue weighted by molar-refractivity contribution is 7.89. The number of nitrogens with zero attached hydrogens (tertiary/aromatic N) is 1. The monoisotopic (exact) mass is 491 g/mol. The second kappa shape index (κ2) is 11.6. The maximum atomic E-state index is 13.3. The van der Waals surface area contributed by atoms with Crippen LogP contribution in [0.1, 0.15) is 46.1 Å². The lowest BCUT2D eigenvalue weighted by Gasteiger charge is -2.38. The molecule has 0 saturated carbocycles. The average molecular weight is 492 g/mol. The Balaban J connectivity index is 3.11. The normalized spacial score (nSPS) is 15.2. The predicted molar refractivity (Wildman–Crippen MR) is 127 cm³/mol. The molecule has 0 aliphatic heterocycles. The SMILES string of the molecule is C/C=C/CCC(/C=C/CN(Cc1ccccc1)S(=O)(=O)C(F)(F)F)O[Si](C)(C)C(C)(C)C. The molecule has 0 N–H and O–H groups in total. The molecule has 9 heteroatoms. The summed E-state index contributed by atoms with van der Waals surface area (Å²) in [5.74, 6) is 0. The van der Waals surface area contributed by atoms with E-state index in [1.807, 2.05) is 19.1 Å². The Morgan fingerprint density at radius 2 is 1.69 bits per heavy atom. The molecule has 1 aromatic carbocycles. The van der Waals surface area contributed by atoms with E-state index in [0.717, 1.165) is 6.42 Å². The van der Waals surface area contributed by atoms with Crippen LogP contribution in [0.25, 0.3) is 0 Å². The fourth-order valence-electron chi connectivity index (χ4n) is 2.69. The largest absolute Gasteiger partial charge is 0.511 e. The molecule has 0 aliphatic rings. The summed E-state index contributed by atoms with van der Waals surface area (Å²) in [5.41, 5.74) is -4.88. The Morgan fingerprint density at radius 3 is 2.19 bits per heavy atom. The van der Waals surface area contributed by atoms with E-state index in [0.29, 0.717) is 16.3 Å². The van der Waals surface area contributed by atoms with Gasteiger partial charge in [-0.25, -0.2) is 8.42 Å². The van der Waals surface area contributed by atoms with Gasteiger partial charge in [0.1, 0.15) is 0 Å². The van der Waals surface area contributed by atoms with Gasteiger partial charge < -0.3 is 4.43 Å². The Kier molecular flexibility index (Phi) is 10.4. The molecule has 0 aliphatic carbocycles. The molecule has 182 valence electrons. The van der Waals surface area contributed by atoms with Crippen molar-refractivity contribution in [2.75, 3.05) is 6.54 Å². The van der Waals surface area contributed by atoms with Crippen molar-refractivity contribution in [3.63, 3.8) is 0 Å². The van der Waals surface area contributed by atoms with Gasteiger partial charge in [0.2, 0.25) is 0 Å². The number of benzene rings is 1. The van der Waals surface area contributed by atoms with Crippen molar-refractivity contribution in [2.45, 2.75) is 76.8 Å². The fourth-order valence-corrected chi connectivity index (χ4v) is 4.89. The third-order valence-corrected chi connectivity index (χ3v) is 11.6. The smallest absolute Gasteiger partial charge is 0.411 e. The van der Waals surface area contributed by atoms with Gasteiger partial charge >= 0.3 is 15.5 Å². The predicted octanol–water partition coefficient (Wildman–Crippen LogP) is 6.64. The first-order chi connectivity index (χ1) is 14.6. The lowest BCUT2D eigenvalue weighted by atomic mass is 10.2. The minimum absolute atomic E-state index is 0.0291. The number of sulfonamides is 1. The van der Waals surface area contributed by atoms with Gasteiger partial charge in [-0.05, 0) is 43.5 Å². The van der Waals surface area contributed by atoms with Crippen LogP contribution in [0.5, 0.6) is 0 Å². The van der Waals surface area contributed by atoms with Crippen LogP contribution in [0.15, 0.2) is 54.6 Å². The van der Waals surface area contributed by atoms with E-state index < -0.39 is 30.4 Å². The van der Waals surface area contributed by atoms with Gasteiger partial charge in [0.15, 0.2) is 8.32 Å². The number of allylic oxidation sites excluding steroid dienone is 2. The molecule has 4 nitrogen and oxygen atoms in total. The van der Waals surface area contributed by atoms with Crippen molar-refractivity contribution < 1.29 is 26.0 Å². The van der Waals surface area contributed by atoms with Crippen LogP contribution in [-0.4, -0.2) is 39.2 Å². The average Bonchev–Trinajstić information content (AvgIpc) is 2.66. The van der Waals surface area contributed by atoms with Crippen molar-refractivity contribution in [1.29, 1.82) is 0 Å². The van der Waals surface area contributed by atoms with Gasteiger partial charge in [0.25, 0.3) is 0 Å². The molecule has 0 saturated heterocycles. The van der Waals surface area contributed by atoms with Crippen LogP contribution in [0, 0.1) is 0 Å². The molecule has 1 rings (SSSR count). The summed E-state index contributed by atoms with van der Waals surface area (Å²) in [6, 6.07) is 8.24. The highest BCUT2D eigenvalue weighted by Gasteiger charge is 2.49. The maximum Gasteiger partial charge on any atom is 0.511 e. The summed E-state index contributed by atoms with van der Waals surface area (Å²) >= 11 is 0. The second-order valence-electron chi connectivity index (χ2n) is 9.22. The number of alkyl halides is 3. The number of halogens is 3. The van der Waals surface area contributed by atoms with Crippen molar-refractivity contribution in [1.82, 2.24) is 4.31 Å². The third kappa shape index (κ3) is 8.50. The van der Waals surface area contributed by atoms with Crippen LogP contribution in [0.2, 0.25) is 18.1 Å². The number of rotatable bonds is 11. The van der Waals surface area contributed by atoms with Crippen LogP contribution in [-0.2, 0) is 21.0 Å². The number of hydrogen-bond donors (Lipinski definition) is 0. The molecule has 0 heterocycles. The van der Waals surface area contributed by atoms with Gasteiger partial charge in [-0.15, -0.1) is 0 Å². The van der Waals surface area contributed by atoms with Gasteiger partial charge in [0, 0.05) is 13.1 Å². The van der Waals surface area contributed by atoms with Gasteiger partial charge in [-0.2, -0.15) is 17.5 Å². The quantitative estimate of drug-likeness (QED) is 0.257. The van der Waals surface area contributed by atoms with E-state index in [9.17, 15) is 21.6 Å². The molecular formula is C23H36F3NO3SSi. The van der Waals surface area contributed by atoms with Crippen LogP contribution in [0.3, 0.4) is 0 Å². The fraction of sp³-hybridized carbons (Fsp3) is 0.565. The van der Waals surface area contributed by atoms with E-state index in [-0.39, 0.29) is 17.7 Å². The Morgan fingerprint density at radius 1 is 1.09 bits per heavy atom. The Hall–Kier alpha value is -1.42. The summed E-state index contributed by atoms with van der Waals surface area (Å²) < 4.78 is 70.9. The van der Waals surface area contributed by atoms with Crippen molar-refractivity contribution in [2.24, 2.45) is 0 Å². The molecule has 0 spiro atoms. The molecule has 1 unspecified atom stereocenters. The van der Waals surface area contributed by atoms with Crippen molar-refractivity contribution in [3.8, 4) is 0 Å². The molecule has 0 aromatic heterocycles. The zero-order chi connectivity index (χ0) is 24.6. The molecule has 0 radical (unpaired) electrons. The van der Waals surface area contributed by atoms with E-state index in [1.54, 1.807) is 36.4 Å². The van der Waals surface area contributed by atoms with Crippen molar-refractivity contribution >= 4 is 18.3 Å². The zero-order valence-electron chi connectivity index (χ0n) is 19.8. The summed E-state index contributed by atoms with van der Waals surface area (Å²) in [4.78, 5) is 0. The molecular weight excluding hydrogens is 455 g/mol. The topological polar surface area (TPSA) is 46.6 Å². The van der Waals surface area contributed by atoms with E-state index >= 15 is 0 Å². The summed E-state index contributed by atoms with van der Waals surface area (Å²) in [6.07, 6.45) is 8.23. The summed E-state index contributed by atoms with van der Waals surface area (Å²) in [5, 5.41) is -0.0291. The van der Waals surface area contributed by atoms with Crippen LogP contribution in [0.4, 0.5) is 13.2 Å². The molecule has 1 aromatic rings. The molecule has 32 heavy (non-hydrogen) atoms. The summed E-state index contributed by atoms with van der Waals surface area (Å²) in [6.45, 7) is 11.7. The summed E-state index contributed by atoms with van der Waals surface area (Å²) in [7, 11) is -7.60. The maximum absolute atomic E-state index is 13.3. The van der Waals surface area contributed by atoms with Crippen LogP contribution < -0.4 is 0 Å². The standard InChI is InChI=1S/C23H36F3NO3SSi/c1-7-8-10-16-21(30-32(5,6)22(2,3)4)17-13-18-27(31(28,29)23(24,25)26)19-20-14-11-9-12-15-20/h7-9,11-15,17,21H,10,16,18-19H2,1-6H3/b8-7+,17-13+. The van der Waals surface area contributed by atoms with E-state index in [2.05, 4.69) is 33.9 Å². The Labute approximate surface area is 192 Å². The lowest BCUT2D eigenvalue weighted by molar-refractivity contribution is -0.0488. The molecule has 0 amide bonds. The van der Waals surface area contributed by atoms with Gasteiger partial charge in [-0.1, -0.05) is 75.4 Å². The first kappa shape index (κ1) is 28.6. The molecule has 0 bridgehead atoms. The first-order valence-electron chi connectivity index (χ1n) is 10.7. The zero-order valence-corrected chi connectivity index (χ0v) is 21.6. The lowest BCUT2D eigenvalue weighted by Crippen LogP contribution is -2.43. The minimum Gasteiger partial charge on any atom is -0.411 e. The molecule has 1 atom stereocenters.